The molecule has 1 aromatic rings. The fraction of sp³-hybridized carbons (Fsp3) is 0.429. The van der Waals surface area contributed by atoms with Crippen LogP contribution in [0.1, 0.15) is 12.0 Å². The highest BCUT2D eigenvalue weighted by molar-refractivity contribution is 7.98. The van der Waals surface area contributed by atoms with Gasteiger partial charge in [-0.1, -0.05) is 30.3 Å². The molecule has 0 aromatic heterocycles. The van der Waals surface area contributed by atoms with Crippen LogP contribution < -0.4 is 21.7 Å². The van der Waals surface area contributed by atoms with Crippen LogP contribution in [0.4, 0.5) is 0 Å². The van der Waals surface area contributed by atoms with E-state index in [0.717, 1.165) is 11.3 Å². The van der Waals surface area contributed by atoms with Crippen molar-refractivity contribution < 1.29 is 31.3 Å². The van der Waals surface area contributed by atoms with Gasteiger partial charge in [-0.25, -0.2) is 0 Å². The number of hydrogen-bond donors (Lipinski definition) is 2. The summed E-state index contributed by atoms with van der Waals surface area (Å²) < 4.78 is 0. The summed E-state index contributed by atoms with van der Waals surface area (Å²) in [5.41, 5.74) is 7.84. The summed E-state index contributed by atoms with van der Waals surface area (Å²) in [4.78, 5) is 20.4. The van der Waals surface area contributed by atoms with Gasteiger partial charge in [0, 0.05) is 12.8 Å². The van der Waals surface area contributed by atoms with Crippen LogP contribution in [0.25, 0.3) is 0 Å². The number of thioether (sulfide) groups is 1. The molecule has 0 amide bonds. The lowest BCUT2D eigenvalue weighted by atomic mass is 10.1. The Morgan fingerprint density at radius 1 is 1.10 bits per heavy atom. The Balaban J connectivity index is 0.000000400. The zero-order valence-corrected chi connectivity index (χ0v) is 12.9. The Kier molecular flexibility index (Phi) is 10.3. The van der Waals surface area contributed by atoms with Crippen molar-refractivity contribution in [1.82, 2.24) is 0 Å². The van der Waals surface area contributed by atoms with E-state index >= 15 is 0 Å². The maximum atomic E-state index is 10.3. The van der Waals surface area contributed by atoms with E-state index in [1.54, 1.807) is 11.8 Å². The molecule has 0 spiro atoms. The number of hydrogen-bond acceptors (Lipinski definition) is 5. The van der Waals surface area contributed by atoms with Gasteiger partial charge in [-0.15, -0.1) is 0 Å². The van der Waals surface area contributed by atoms with Gasteiger partial charge in [-0.05, 0) is 17.6 Å². The largest absolute Gasteiger partial charge is 0.544 e. The maximum Gasteiger partial charge on any atom is 0.129 e. The van der Waals surface area contributed by atoms with Crippen LogP contribution in [0.2, 0.25) is 0 Å². The van der Waals surface area contributed by atoms with Crippen LogP contribution in [0.15, 0.2) is 30.3 Å². The molecule has 7 heteroatoms. The monoisotopic (exact) mass is 314 g/mol. The molecule has 6 N–H and O–H groups in total. The number of carbonyl (C=O) groups is 2. The fourth-order valence-corrected chi connectivity index (χ4v) is 1.88. The van der Waals surface area contributed by atoms with Gasteiger partial charge < -0.3 is 31.3 Å². The zero-order chi connectivity index (χ0) is 16.3. The number of rotatable bonds is 7. The summed E-state index contributed by atoms with van der Waals surface area (Å²) in [6.07, 6.45) is 2.97. The Labute approximate surface area is 128 Å². The lowest BCUT2D eigenvalue weighted by Crippen LogP contribution is -2.69. The van der Waals surface area contributed by atoms with Gasteiger partial charge in [0.15, 0.2) is 0 Å². The van der Waals surface area contributed by atoms with Crippen molar-refractivity contribution in [1.29, 1.82) is 0 Å². The molecule has 1 rings (SSSR count). The van der Waals surface area contributed by atoms with E-state index in [0.29, 0.717) is 12.8 Å². The number of carboxylic acid groups (broad SMARTS) is 2. The number of carboxylic acids is 2. The van der Waals surface area contributed by atoms with Gasteiger partial charge >= 0.3 is 0 Å². The van der Waals surface area contributed by atoms with Gasteiger partial charge in [0.05, 0.1) is 11.9 Å². The minimum absolute atomic E-state index is 0.434. The molecule has 0 aliphatic rings. The van der Waals surface area contributed by atoms with Crippen molar-refractivity contribution in [2.45, 2.75) is 24.9 Å². The lowest BCUT2D eigenvalue weighted by molar-refractivity contribution is -0.437. The van der Waals surface area contributed by atoms with Gasteiger partial charge in [0.1, 0.15) is 12.1 Å². The van der Waals surface area contributed by atoms with Crippen LogP contribution in [-0.4, -0.2) is 36.0 Å². The summed E-state index contributed by atoms with van der Waals surface area (Å²) in [6, 6.07) is 8.18. The SMILES string of the molecule is CSCC[C@@H]([NH3+])C(=O)[O-].[NH3+][C@@H](Cc1ccccc1)C(=O)[O-]. The Bertz CT molecular complexity index is 428. The summed E-state index contributed by atoms with van der Waals surface area (Å²) in [5.74, 6) is -1.31. The second kappa shape index (κ2) is 11.1. The summed E-state index contributed by atoms with van der Waals surface area (Å²) in [5, 5.41) is 20.4. The highest BCUT2D eigenvalue weighted by atomic mass is 32.2. The third kappa shape index (κ3) is 9.89. The van der Waals surface area contributed by atoms with Crippen molar-refractivity contribution in [3.63, 3.8) is 0 Å². The van der Waals surface area contributed by atoms with Gasteiger partial charge in [0.25, 0.3) is 0 Å². The average molecular weight is 314 g/mol. The Hall–Kier alpha value is -1.57. The quantitative estimate of drug-likeness (QED) is 0.543. The molecule has 0 aliphatic carbocycles. The average Bonchev–Trinajstić information content (AvgIpc) is 2.46. The molecule has 0 saturated heterocycles. The molecule has 0 heterocycles. The first kappa shape index (κ1) is 19.4. The van der Waals surface area contributed by atoms with Crippen LogP contribution in [-0.2, 0) is 16.0 Å². The molecule has 6 nitrogen and oxygen atoms in total. The van der Waals surface area contributed by atoms with Crippen molar-refractivity contribution in [3.05, 3.63) is 35.9 Å². The topological polar surface area (TPSA) is 136 Å². The summed E-state index contributed by atoms with van der Waals surface area (Å²) >= 11 is 1.62. The van der Waals surface area contributed by atoms with E-state index in [9.17, 15) is 19.8 Å². The predicted molar refractivity (Wildman–Crippen MR) is 76.5 cm³/mol. The minimum Gasteiger partial charge on any atom is -0.544 e. The van der Waals surface area contributed by atoms with Gasteiger partial charge in [-0.2, -0.15) is 11.8 Å². The van der Waals surface area contributed by atoms with E-state index in [4.69, 9.17) is 0 Å². The molecule has 0 saturated carbocycles. The molecular formula is C14H22N2O4S. The van der Waals surface area contributed by atoms with Crippen molar-refractivity contribution in [2.75, 3.05) is 12.0 Å². The van der Waals surface area contributed by atoms with Crippen molar-refractivity contribution in [3.8, 4) is 0 Å². The van der Waals surface area contributed by atoms with Gasteiger partial charge in [-0.3, -0.25) is 0 Å². The number of benzene rings is 1. The van der Waals surface area contributed by atoms with Crippen molar-refractivity contribution in [2.24, 2.45) is 0 Å². The highest BCUT2D eigenvalue weighted by Gasteiger charge is 2.07. The molecular weight excluding hydrogens is 292 g/mol. The molecule has 118 valence electrons. The van der Waals surface area contributed by atoms with E-state index in [2.05, 4.69) is 11.5 Å². The van der Waals surface area contributed by atoms with Crippen LogP contribution in [0.3, 0.4) is 0 Å². The number of quaternary nitrogens is 2. The fourth-order valence-electron chi connectivity index (χ4n) is 1.36. The Morgan fingerprint density at radius 2 is 1.62 bits per heavy atom. The second-order valence-electron chi connectivity index (χ2n) is 4.50. The normalized spacial score (nSPS) is 12.7. The molecule has 1 aromatic carbocycles. The predicted octanol–water partition coefficient (Wildman–Crippen LogP) is -3.31. The first-order chi connectivity index (χ1) is 9.88. The first-order valence-electron chi connectivity index (χ1n) is 6.49. The maximum absolute atomic E-state index is 10.3. The number of aliphatic carboxylic acids is 2. The molecule has 21 heavy (non-hydrogen) atoms. The minimum atomic E-state index is -1.10. The molecule has 2 atom stereocenters. The lowest BCUT2D eigenvalue weighted by Gasteiger charge is -2.08. The molecule has 0 bridgehead atoms. The third-order valence-electron chi connectivity index (χ3n) is 2.66. The zero-order valence-electron chi connectivity index (χ0n) is 12.1. The van der Waals surface area contributed by atoms with Crippen molar-refractivity contribution >= 4 is 23.7 Å². The smallest absolute Gasteiger partial charge is 0.129 e. The number of carbonyl (C=O) groups excluding carboxylic acids is 2. The first-order valence-corrected chi connectivity index (χ1v) is 7.88. The second-order valence-corrected chi connectivity index (χ2v) is 5.49. The van der Waals surface area contributed by atoms with Crippen LogP contribution in [0.5, 0.6) is 0 Å². The van der Waals surface area contributed by atoms with E-state index in [1.165, 1.54) is 0 Å². The third-order valence-corrected chi connectivity index (χ3v) is 3.31. The molecule has 0 fully saturated rings. The van der Waals surface area contributed by atoms with Crippen LogP contribution >= 0.6 is 11.8 Å². The van der Waals surface area contributed by atoms with Gasteiger partial charge in [0.2, 0.25) is 0 Å². The van der Waals surface area contributed by atoms with E-state index in [-0.39, 0.29) is 0 Å². The Morgan fingerprint density at radius 3 is 2.05 bits per heavy atom. The standard InChI is InChI=1S/C9H11NO2.C5H11NO2S/c10-8(9(11)12)6-7-4-2-1-3-5-7;1-9-3-2-4(6)5(7)8/h1-5,8H,6,10H2,(H,11,12);4H,2-3,6H2,1H3,(H,7,8)/t8-;4-/m01/s1. The molecule has 0 radical (unpaired) electrons. The molecule has 0 unspecified atom stereocenters. The molecule has 0 aliphatic heterocycles. The highest BCUT2D eigenvalue weighted by Crippen LogP contribution is 2.00. The van der Waals surface area contributed by atoms with Crippen LogP contribution in [0, 0.1) is 0 Å². The van der Waals surface area contributed by atoms with E-state index < -0.39 is 24.0 Å². The summed E-state index contributed by atoms with van der Waals surface area (Å²) in [7, 11) is 0. The summed E-state index contributed by atoms with van der Waals surface area (Å²) in [6.45, 7) is 0. The van der Waals surface area contributed by atoms with E-state index in [1.807, 2.05) is 36.6 Å².